The summed E-state index contributed by atoms with van der Waals surface area (Å²) in [6.07, 6.45) is 7.59. The molecular weight excluding hydrogens is 224 g/mol. The number of rotatable bonds is 6. The van der Waals surface area contributed by atoms with Crippen molar-refractivity contribution in [3.8, 4) is 0 Å². The second kappa shape index (κ2) is 7.46. The van der Waals surface area contributed by atoms with E-state index < -0.39 is 0 Å². The lowest BCUT2D eigenvalue weighted by Crippen LogP contribution is -2.49. The van der Waals surface area contributed by atoms with E-state index in [2.05, 4.69) is 24.1 Å². The quantitative estimate of drug-likeness (QED) is 0.736. The summed E-state index contributed by atoms with van der Waals surface area (Å²) >= 11 is 0. The van der Waals surface area contributed by atoms with E-state index >= 15 is 0 Å². The van der Waals surface area contributed by atoms with E-state index in [1.807, 2.05) is 0 Å². The molecule has 1 saturated carbocycles. The Hall–Kier alpha value is -0.120. The summed E-state index contributed by atoms with van der Waals surface area (Å²) in [5, 5.41) is 3.59. The molecule has 0 aromatic carbocycles. The molecule has 1 N–H and O–H groups in total. The predicted octanol–water partition coefficient (Wildman–Crippen LogP) is 2.27. The van der Waals surface area contributed by atoms with Crippen LogP contribution in [0.1, 0.15) is 46.0 Å². The van der Waals surface area contributed by atoms with Gasteiger partial charge in [-0.05, 0) is 32.7 Å². The van der Waals surface area contributed by atoms with Gasteiger partial charge in [-0.1, -0.05) is 25.7 Å². The fraction of sp³-hybridized carbons (Fsp3) is 1.00. The minimum Gasteiger partial charge on any atom is -0.374 e. The van der Waals surface area contributed by atoms with Gasteiger partial charge in [-0.25, -0.2) is 0 Å². The third kappa shape index (κ3) is 4.52. The maximum absolute atomic E-state index is 5.83. The van der Waals surface area contributed by atoms with Gasteiger partial charge in [0, 0.05) is 25.7 Å². The molecule has 2 fully saturated rings. The number of ether oxygens (including phenoxy) is 1. The Balaban J connectivity index is 1.55. The second-order valence-corrected chi connectivity index (χ2v) is 6.22. The van der Waals surface area contributed by atoms with E-state index in [9.17, 15) is 0 Å². The van der Waals surface area contributed by atoms with Crippen LogP contribution < -0.4 is 5.32 Å². The SMILES string of the molecule is CC(C)N1CCOC(CNCCC2CCCC2)C1. The lowest BCUT2D eigenvalue weighted by atomic mass is 10.0. The number of nitrogens with one attached hydrogen (secondary N) is 1. The van der Waals surface area contributed by atoms with Gasteiger partial charge in [0.15, 0.2) is 0 Å². The first-order valence-electron chi connectivity index (χ1n) is 7.82. The van der Waals surface area contributed by atoms with Crippen LogP contribution >= 0.6 is 0 Å². The average Bonchev–Trinajstić information content (AvgIpc) is 2.88. The molecule has 1 aliphatic heterocycles. The van der Waals surface area contributed by atoms with Crippen LogP contribution in [0.3, 0.4) is 0 Å². The van der Waals surface area contributed by atoms with Gasteiger partial charge in [0.05, 0.1) is 12.7 Å². The summed E-state index contributed by atoms with van der Waals surface area (Å²) in [5.74, 6) is 0.997. The van der Waals surface area contributed by atoms with Gasteiger partial charge in [0.2, 0.25) is 0 Å². The lowest BCUT2D eigenvalue weighted by molar-refractivity contribution is -0.0371. The zero-order chi connectivity index (χ0) is 12.8. The summed E-state index contributed by atoms with van der Waals surface area (Å²) in [4.78, 5) is 2.52. The maximum atomic E-state index is 5.83. The van der Waals surface area contributed by atoms with Crippen molar-refractivity contribution in [1.29, 1.82) is 0 Å². The molecule has 18 heavy (non-hydrogen) atoms. The van der Waals surface area contributed by atoms with Crippen LogP contribution in [0.5, 0.6) is 0 Å². The summed E-state index contributed by atoms with van der Waals surface area (Å²) in [6.45, 7) is 9.82. The van der Waals surface area contributed by atoms with Gasteiger partial charge in [-0.15, -0.1) is 0 Å². The fourth-order valence-electron chi connectivity index (χ4n) is 3.20. The van der Waals surface area contributed by atoms with Gasteiger partial charge in [0.1, 0.15) is 0 Å². The maximum Gasteiger partial charge on any atom is 0.0826 e. The van der Waals surface area contributed by atoms with E-state index in [4.69, 9.17) is 4.74 Å². The Morgan fingerprint density at radius 2 is 2.06 bits per heavy atom. The van der Waals surface area contributed by atoms with E-state index in [1.165, 1.54) is 38.6 Å². The molecule has 2 aliphatic rings. The minimum absolute atomic E-state index is 0.393. The third-order valence-electron chi connectivity index (χ3n) is 4.48. The minimum atomic E-state index is 0.393. The van der Waals surface area contributed by atoms with Crippen LogP contribution in [0, 0.1) is 5.92 Å². The zero-order valence-corrected chi connectivity index (χ0v) is 12.2. The molecule has 2 rings (SSSR count). The molecule has 1 unspecified atom stereocenters. The van der Waals surface area contributed by atoms with Crippen molar-refractivity contribution in [2.45, 2.75) is 58.1 Å². The summed E-state index contributed by atoms with van der Waals surface area (Å²) in [7, 11) is 0. The van der Waals surface area contributed by atoms with Gasteiger partial charge in [0.25, 0.3) is 0 Å². The first-order valence-corrected chi connectivity index (χ1v) is 7.82. The summed E-state index contributed by atoms with van der Waals surface area (Å²) in [5.41, 5.74) is 0. The largest absolute Gasteiger partial charge is 0.374 e. The molecule has 1 atom stereocenters. The number of morpholine rings is 1. The topological polar surface area (TPSA) is 24.5 Å². The average molecular weight is 254 g/mol. The highest BCUT2D eigenvalue weighted by Gasteiger charge is 2.22. The lowest BCUT2D eigenvalue weighted by Gasteiger charge is -2.35. The van der Waals surface area contributed by atoms with Gasteiger partial charge in [-0.2, -0.15) is 0 Å². The predicted molar refractivity (Wildman–Crippen MR) is 75.9 cm³/mol. The smallest absolute Gasteiger partial charge is 0.0826 e. The van der Waals surface area contributed by atoms with Crippen molar-refractivity contribution in [2.75, 3.05) is 32.8 Å². The van der Waals surface area contributed by atoms with Crippen LogP contribution in [-0.4, -0.2) is 49.8 Å². The Kier molecular flexibility index (Phi) is 5.93. The summed E-state index contributed by atoms with van der Waals surface area (Å²) in [6, 6.07) is 0.648. The van der Waals surface area contributed by atoms with Crippen LogP contribution in [0.4, 0.5) is 0 Å². The van der Waals surface area contributed by atoms with Crippen molar-refractivity contribution >= 4 is 0 Å². The highest BCUT2D eigenvalue weighted by atomic mass is 16.5. The molecule has 3 nitrogen and oxygen atoms in total. The number of hydrogen-bond donors (Lipinski definition) is 1. The molecule has 3 heteroatoms. The van der Waals surface area contributed by atoms with E-state index in [0.29, 0.717) is 12.1 Å². The van der Waals surface area contributed by atoms with Crippen LogP contribution in [-0.2, 0) is 4.74 Å². The first kappa shape index (κ1) is 14.3. The van der Waals surface area contributed by atoms with Gasteiger partial charge < -0.3 is 10.1 Å². The molecule has 1 saturated heterocycles. The Morgan fingerprint density at radius 1 is 1.28 bits per heavy atom. The highest BCUT2D eigenvalue weighted by Crippen LogP contribution is 2.26. The fourth-order valence-corrected chi connectivity index (χ4v) is 3.20. The normalized spacial score (nSPS) is 27.2. The highest BCUT2D eigenvalue weighted by molar-refractivity contribution is 4.76. The van der Waals surface area contributed by atoms with Crippen molar-refractivity contribution in [2.24, 2.45) is 5.92 Å². The Bertz CT molecular complexity index is 227. The first-order chi connectivity index (χ1) is 8.75. The van der Waals surface area contributed by atoms with Crippen molar-refractivity contribution < 1.29 is 4.74 Å². The molecule has 1 aliphatic carbocycles. The molecule has 0 aromatic heterocycles. The van der Waals surface area contributed by atoms with Crippen molar-refractivity contribution in [3.05, 3.63) is 0 Å². The summed E-state index contributed by atoms with van der Waals surface area (Å²) < 4.78 is 5.83. The van der Waals surface area contributed by atoms with Gasteiger partial charge in [-0.3, -0.25) is 4.90 Å². The number of hydrogen-bond acceptors (Lipinski definition) is 3. The van der Waals surface area contributed by atoms with Crippen molar-refractivity contribution in [1.82, 2.24) is 10.2 Å². The molecule has 1 heterocycles. The van der Waals surface area contributed by atoms with E-state index in [1.54, 1.807) is 0 Å². The Labute approximate surface area is 112 Å². The molecule has 0 radical (unpaired) electrons. The van der Waals surface area contributed by atoms with Gasteiger partial charge >= 0.3 is 0 Å². The third-order valence-corrected chi connectivity index (χ3v) is 4.48. The van der Waals surface area contributed by atoms with Crippen LogP contribution in [0.25, 0.3) is 0 Å². The molecule has 0 amide bonds. The zero-order valence-electron chi connectivity index (χ0n) is 12.2. The second-order valence-electron chi connectivity index (χ2n) is 6.22. The Morgan fingerprint density at radius 3 is 2.78 bits per heavy atom. The molecule has 0 spiro atoms. The van der Waals surface area contributed by atoms with E-state index in [-0.39, 0.29) is 0 Å². The standard InChI is InChI=1S/C15H30N2O/c1-13(2)17-9-10-18-15(12-17)11-16-8-7-14-5-3-4-6-14/h13-16H,3-12H2,1-2H3. The molecule has 106 valence electrons. The van der Waals surface area contributed by atoms with Crippen molar-refractivity contribution in [3.63, 3.8) is 0 Å². The van der Waals surface area contributed by atoms with E-state index in [0.717, 1.165) is 32.2 Å². The molecular formula is C15H30N2O. The van der Waals surface area contributed by atoms with Crippen LogP contribution in [0.15, 0.2) is 0 Å². The molecule has 0 bridgehead atoms. The van der Waals surface area contributed by atoms with Crippen LogP contribution in [0.2, 0.25) is 0 Å². The monoisotopic (exact) mass is 254 g/mol. The number of nitrogens with zero attached hydrogens (tertiary/aromatic N) is 1. The molecule has 0 aromatic rings.